The Morgan fingerprint density at radius 1 is 1.11 bits per heavy atom. The Morgan fingerprint density at radius 3 is 2.44 bits per heavy atom. The number of amides is 1. The maximum atomic E-state index is 12.2. The van der Waals surface area contributed by atoms with E-state index in [0.29, 0.717) is 29.2 Å². The minimum atomic E-state index is -1.00. The van der Waals surface area contributed by atoms with Crippen LogP contribution in [0.3, 0.4) is 0 Å². The number of rotatable bonds is 8. The molecule has 0 fully saturated rings. The third-order valence-corrected chi connectivity index (χ3v) is 3.65. The first-order chi connectivity index (χ1) is 12.9. The first kappa shape index (κ1) is 19.9. The van der Waals surface area contributed by atoms with Gasteiger partial charge in [-0.2, -0.15) is 0 Å². The number of carbonyl (C=O) groups is 3. The summed E-state index contributed by atoms with van der Waals surface area (Å²) in [5, 5.41) is 2.63. The van der Waals surface area contributed by atoms with E-state index in [9.17, 15) is 14.4 Å². The molecule has 0 heterocycles. The molecule has 6 nitrogen and oxygen atoms in total. The highest BCUT2D eigenvalue weighted by Gasteiger charge is 2.19. The molecule has 2 aromatic carbocycles. The summed E-state index contributed by atoms with van der Waals surface area (Å²) in [4.78, 5) is 35.8. The van der Waals surface area contributed by atoms with Crippen molar-refractivity contribution < 1.29 is 23.9 Å². The van der Waals surface area contributed by atoms with Gasteiger partial charge in [0, 0.05) is 11.3 Å². The number of carbonyl (C=O) groups excluding carboxylic acids is 3. The van der Waals surface area contributed by atoms with Gasteiger partial charge >= 0.3 is 5.97 Å². The van der Waals surface area contributed by atoms with E-state index in [1.54, 1.807) is 54.6 Å². The van der Waals surface area contributed by atoms with E-state index in [1.165, 1.54) is 13.8 Å². The van der Waals surface area contributed by atoms with Crippen LogP contribution in [0.2, 0.25) is 0 Å². The van der Waals surface area contributed by atoms with Crippen molar-refractivity contribution in [1.82, 2.24) is 0 Å². The van der Waals surface area contributed by atoms with Crippen LogP contribution < -0.4 is 10.1 Å². The quantitative estimate of drug-likeness (QED) is 0.438. The number of hydrogen-bond acceptors (Lipinski definition) is 5. The molecule has 0 aromatic heterocycles. The van der Waals surface area contributed by atoms with Crippen molar-refractivity contribution in [3.8, 4) is 5.75 Å². The number of anilines is 1. The normalized spacial score (nSPS) is 11.2. The number of ether oxygens (including phenoxy) is 2. The summed E-state index contributed by atoms with van der Waals surface area (Å²) in [6, 6.07) is 12.9. The summed E-state index contributed by atoms with van der Waals surface area (Å²) in [7, 11) is 0. The van der Waals surface area contributed by atoms with Gasteiger partial charge in [0.1, 0.15) is 12.4 Å². The zero-order valence-corrected chi connectivity index (χ0v) is 15.2. The fourth-order valence-electron chi connectivity index (χ4n) is 2.18. The number of benzene rings is 2. The molecule has 1 N–H and O–H groups in total. The van der Waals surface area contributed by atoms with Crippen molar-refractivity contribution in [3.63, 3.8) is 0 Å². The van der Waals surface area contributed by atoms with Crippen molar-refractivity contribution in [3.05, 3.63) is 72.3 Å². The second-order valence-electron chi connectivity index (χ2n) is 5.80. The topological polar surface area (TPSA) is 81.7 Å². The van der Waals surface area contributed by atoms with Crippen LogP contribution in [0.25, 0.3) is 0 Å². The summed E-state index contributed by atoms with van der Waals surface area (Å²) in [6.07, 6.45) is 0.615. The van der Waals surface area contributed by atoms with Crippen LogP contribution in [0, 0.1) is 0 Å². The molecular formula is C21H21NO5. The highest BCUT2D eigenvalue weighted by atomic mass is 16.5. The zero-order valence-electron chi connectivity index (χ0n) is 15.2. The van der Waals surface area contributed by atoms with E-state index in [-0.39, 0.29) is 5.78 Å². The number of esters is 1. The highest BCUT2D eigenvalue weighted by molar-refractivity contribution is 5.99. The number of hydrogen-bond donors (Lipinski definition) is 1. The smallest absolute Gasteiger partial charge is 0.338 e. The number of nitrogens with one attached hydrogen (secondary N) is 1. The first-order valence-corrected chi connectivity index (χ1v) is 8.37. The summed E-state index contributed by atoms with van der Waals surface area (Å²) in [5.74, 6) is -0.617. The molecule has 2 aromatic rings. The van der Waals surface area contributed by atoms with Crippen LogP contribution in [0.5, 0.6) is 5.75 Å². The van der Waals surface area contributed by atoms with Gasteiger partial charge in [-0.1, -0.05) is 24.8 Å². The lowest BCUT2D eigenvalue weighted by Crippen LogP contribution is -2.30. The molecule has 1 atom stereocenters. The Hall–Kier alpha value is -3.41. The van der Waals surface area contributed by atoms with E-state index in [4.69, 9.17) is 9.47 Å². The molecule has 0 saturated carbocycles. The van der Waals surface area contributed by atoms with E-state index in [1.807, 2.05) is 0 Å². The van der Waals surface area contributed by atoms with E-state index < -0.39 is 18.0 Å². The molecule has 6 heteroatoms. The van der Waals surface area contributed by atoms with Gasteiger partial charge in [-0.05, 0) is 50.2 Å². The number of ketones is 1. The second-order valence-corrected chi connectivity index (χ2v) is 5.80. The van der Waals surface area contributed by atoms with Gasteiger partial charge in [0.15, 0.2) is 11.9 Å². The van der Waals surface area contributed by atoms with E-state index in [2.05, 4.69) is 11.9 Å². The van der Waals surface area contributed by atoms with Crippen LogP contribution in [0.1, 0.15) is 34.6 Å². The maximum absolute atomic E-state index is 12.2. The van der Waals surface area contributed by atoms with Crippen LogP contribution in [-0.4, -0.2) is 30.4 Å². The van der Waals surface area contributed by atoms with Gasteiger partial charge in [0.2, 0.25) is 0 Å². The van der Waals surface area contributed by atoms with Gasteiger partial charge in [0.05, 0.1) is 5.56 Å². The van der Waals surface area contributed by atoms with Gasteiger partial charge in [-0.3, -0.25) is 9.59 Å². The third kappa shape index (κ3) is 5.81. The van der Waals surface area contributed by atoms with Crippen molar-refractivity contribution >= 4 is 23.3 Å². The standard InChI is InChI=1S/C21H21NO5/c1-4-12-26-19-10-8-16(9-11-19)21(25)27-15(3)20(24)22-18-7-5-6-17(13-18)14(2)23/h4-11,13,15H,1,12H2,2-3H3,(H,22,24). The number of Topliss-reactive ketones (excluding diaryl/α,β-unsaturated/α-hetero) is 1. The zero-order chi connectivity index (χ0) is 19.8. The molecule has 0 aliphatic rings. The monoisotopic (exact) mass is 367 g/mol. The Kier molecular flexibility index (Phi) is 6.88. The van der Waals surface area contributed by atoms with Gasteiger partial charge < -0.3 is 14.8 Å². The Balaban J connectivity index is 1.95. The molecule has 0 saturated heterocycles. The Morgan fingerprint density at radius 2 is 1.81 bits per heavy atom. The maximum Gasteiger partial charge on any atom is 0.338 e. The summed E-state index contributed by atoms with van der Waals surface area (Å²) in [6.45, 7) is 6.85. The summed E-state index contributed by atoms with van der Waals surface area (Å²) in [5.41, 5.74) is 1.25. The predicted molar refractivity (Wildman–Crippen MR) is 102 cm³/mol. The van der Waals surface area contributed by atoms with Crippen LogP contribution in [0.4, 0.5) is 5.69 Å². The summed E-state index contributed by atoms with van der Waals surface area (Å²) < 4.78 is 10.5. The van der Waals surface area contributed by atoms with Crippen molar-refractivity contribution in [1.29, 1.82) is 0 Å². The van der Waals surface area contributed by atoms with Crippen LogP contribution in [-0.2, 0) is 9.53 Å². The lowest BCUT2D eigenvalue weighted by molar-refractivity contribution is -0.123. The molecule has 0 spiro atoms. The second kappa shape index (κ2) is 9.33. The molecule has 27 heavy (non-hydrogen) atoms. The summed E-state index contributed by atoms with van der Waals surface area (Å²) >= 11 is 0. The molecule has 0 aliphatic heterocycles. The van der Waals surface area contributed by atoms with Gasteiger partial charge in [-0.15, -0.1) is 0 Å². The predicted octanol–water partition coefficient (Wildman–Crippen LogP) is 3.64. The fourth-order valence-corrected chi connectivity index (χ4v) is 2.18. The molecule has 0 aliphatic carbocycles. The average Bonchev–Trinajstić information content (AvgIpc) is 2.66. The molecule has 0 bridgehead atoms. The van der Waals surface area contributed by atoms with Crippen LogP contribution in [0.15, 0.2) is 61.2 Å². The lowest BCUT2D eigenvalue weighted by Gasteiger charge is -2.14. The van der Waals surface area contributed by atoms with Gasteiger partial charge in [0.25, 0.3) is 5.91 Å². The van der Waals surface area contributed by atoms with E-state index >= 15 is 0 Å². The molecular weight excluding hydrogens is 346 g/mol. The van der Waals surface area contributed by atoms with E-state index in [0.717, 1.165) is 0 Å². The van der Waals surface area contributed by atoms with Crippen LogP contribution >= 0.6 is 0 Å². The third-order valence-electron chi connectivity index (χ3n) is 3.65. The first-order valence-electron chi connectivity index (χ1n) is 8.37. The Bertz CT molecular complexity index is 842. The largest absolute Gasteiger partial charge is 0.490 e. The molecule has 1 amide bonds. The SMILES string of the molecule is C=CCOc1ccc(C(=O)OC(C)C(=O)Nc2cccc(C(C)=O)c2)cc1. The minimum Gasteiger partial charge on any atom is -0.490 e. The lowest BCUT2D eigenvalue weighted by atomic mass is 10.1. The molecule has 2 rings (SSSR count). The van der Waals surface area contributed by atoms with Crippen molar-refractivity contribution in [2.24, 2.45) is 0 Å². The Labute approximate surface area is 157 Å². The average molecular weight is 367 g/mol. The van der Waals surface area contributed by atoms with Gasteiger partial charge in [-0.25, -0.2) is 4.79 Å². The van der Waals surface area contributed by atoms with Crippen molar-refractivity contribution in [2.45, 2.75) is 20.0 Å². The minimum absolute atomic E-state index is 0.105. The highest BCUT2D eigenvalue weighted by Crippen LogP contribution is 2.15. The molecule has 1 unspecified atom stereocenters. The fraction of sp³-hybridized carbons (Fsp3) is 0.190. The van der Waals surface area contributed by atoms with Crippen molar-refractivity contribution in [2.75, 3.05) is 11.9 Å². The molecule has 140 valence electrons. The molecule has 0 radical (unpaired) electrons.